The summed E-state index contributed by atoms with van der Waals surface area (Å²) in [6.45, 7) is 4.82. The lowest BCUT2D eigenvalue weighted by Gasteiger charge is -2.20. The SMILES string of the molecule is CCOC(=O)C(F)(F)c1cccc(Oc2ncc(C)cn2)c1OCC. The van der Waals surface area contributed by atoms with Crippen molar-refractivity contribution in [3.05, 3.63) is 41.7 Å². The molecule has 0 atom stereocenters. The van der Waals surface area contributed by atoms with Crippen LogP contribution < -0.4 is 9.47 Å². The maximum atomic E-state index is 14.5. The molecule has 0 fully saturated rings. The molecule has 25 heavy (non-hydrogen) atoms. The average molecular weight is 352 g/mol. The number of aryl methyl sites for hydroxylation is 1. The summed E-state index contributed by atoms with van der Waals surface area (Å²) in [5.41, 5.74) is 0.178. The second kappa shape index (κ2) is 7.87. The van der Waals surface area contributed by atoms with Gasteiger partial charge in [0.25, 0.3) is 0 Å². The van der Waals surface area contributed by atoms with Gasteiger partial charge < -0.3 is 14.2 Å². The van der Waals surface area contributed by atoms with Crippen LogP contribution in [0.25, 0.3) is 0 Å². The largest absolute Gasteiger partial charge is 0.489 e. The molecule has 2 rings (SSSR count). The molecule has 1 aromatic carbocycles. The Bertz CT molecular complexity index is 736. The number of para-hydroxylation sites is 1. The Kier molecular flexibility index (Phi) is 5.84. The molecule has 2 aromatic rings. The van der Waals surface area contributed by atoms with Gasteiger partial charge in [0.05, 0.1) is 18.8 Å². The molecule has 0 spiro atoms. The van der Waals surface area contributed by atoms with Crippen LogP contribution in [0.15, 0.2) is 30.6 Å². The van der Waals surface area contributed by atoms with Crippen LogP contribution in [-0.2, 0) is 15.5 Å². The zero-order valence-electron chi connectivity index (χ0n) is 14.1. The van der Waals surface area contributed by atoms with Crippen molar-refractivity contribution in [1.29, 1.82) is 0 Å². The first kappa shape index (κ1) is 18.6. The summed E-state index contributed by atoms with van der Waals surface area (Å²) in [5.74, 6) is -5.81. The molecule has 0 bridgehead atoms. The van der Waals surface area contributed by atoms with Crippen molar-refractivity contribution in [2.24, 2.45) is 0 Å². The van der Waals surface area contributed by atoms with Crippen molar-refractivity contribution in [1.82, 2.24) is 9.97 Å². The van der Waals surface area contributed by atoms with Gasteiger partial charge in [-0.2, -0.15) is 8.78 Å². The normalized spacial score (nSPS) is 11.1. The number of ether oxygens (including phenoxy) is 3. The zero-order chi connectivity index (χ0) is 18.4. The molecule has 0 aliphatic heterocycles. The summed E-state index contributed by atoms with van der Waals surface area (Å²) in [4.78, 5) is 19.6. The Balaban J connectivity index is 2.44. The monoisotopic (exact) mass is 352 g/mol. The van der Waals surface area contributed by atoms with Gasteiger partial charge >= 0.3 is 17.9 Å². The Morgan fingerprint density at radius 3 is 2.44 bits per heavy atom. The van der Waals surface area contributed by atoms with Gasteiger partial charge in [0.15, 0.2) is 11.5 Å². The van der Waals surface area contributed by atoms with Crippen molar-refractivity contribution < 1.29 is 27.8 Å². The van der Waals surface area contributed by atoms with Crippen LogP contribution in [0.2, 0.25) is 0 Å². The summed E-state index contributed by atoms with van der Waals surface area (Å²) in [5, 5.41) is 0. The summed E-state index contributed by atoms with van der Waals surface area (Å²) in [6, 6.07) is 3.82. The number of carbonyl (C=O) groups is 1. The zero-order valence-corrected chi connectivity index (χ0v) is 14.1. The van der Waals surface area contributed by atoms with Gasteiger partial charge in [0.2, 0.25) is 0 Å². The summed E-state index contributed by atoms with van der Waals surface area (Å²) in [6.07, 6.45) is 3.06. The second-order valence-electron chi connectivity index (χ2n) is 5.01. The molecule has 0 saturated heterocycles. The first-order valence-electron chi connectivity index (χ1n) is 7.68. The van der Waals surface area contributed by atoms with E-state index in [1.165, 1.54) is 31.5 Å². The number of benzene rings is 1. The highest BCUT2D eigenvalue weighted by atomic mass is 19.3. The first-order chi connectivity index (χ1) is 11.9. The fraction of sp³-hybridized carbons (Fsp3) is 0.353. The van der Waals surface area contributed by atoms with E-state index in [1.807, 2.05) is 0 Å². The van der Waals surface area contributed by atoms with E-state index in [2.05, 4.69) is 14.7 Å². The number of alkyl halides is 2. The van der Waals surface area contributed by atoms with Crippen LogP contribution in [0.3, 0.4) is 0 Å². The number of hydrogen-bond acceptors (Lipinski definition) is 6. The van der Waals surface area contributed by atoms with Gasteiger partial charge in [0, 0.05) is 12.4 Å². The van der Waals surface area contributed by atoms with Crippen molar-refractivity contribution in [2.45, 2.75) is 26.7 Å². The average Bonchev–Trinajstić information content (AvgIpc) is 2.58. The molecule has 0 radical (unpaired) electrons. The van der Waals surface area contributed by atoms with Gasteiger partial charge in [-0.1, -0.05) is 6.07 Å². The fourth-order valence-electron chi connectivity index (χ4n) is 2.00. The summed E-state index contributed by atoms with van der Waals surface area (Å²) >= 11 is 0. The number of halogens is 2. The van der Waals surface area contributed by atoms with E-state index in [0.29, 0.717) is 0 Å². The van der Waals surface area contributed by atoms with Crippen LogP contribution >= 0.6 is 0 Å². The van der Waals surface area contributed by atoms with E-state index in [9.17, 15) is 13.6 Å². The topological polar surface area (TPSA) is 70.5 Å². The highest BCUT2D eigenvalue weighted by Gasteiger charge is 2.46. The minimum atomic E-state index is -3.88. The van der Waals surface area contributed by atoms with Gasteiger partial charge in [-0.15, -0.1) is 0 Å². The molecule has 0 amide bonds. The minimum Gasteiger partial charge on any atom is -0.489 e. The van der Waals surface area contributed by atoms with Crippen LogP contribution in [0.4, 0.5) is 8.78 Å². The molecular formula is C17H18F2N2O4. The molecule has 0 N–H and O–H groups in total. The lowest BCUT2D eigenvalue weighted by atomic mass is 10.1. The van der Waals surface area contributed by atoms with Crippen molar-refractivity contribution in [2.75, 3.05) is 13.2 Å². The highest BCUT2D eigenvalue weighted by Crippen LogP contribution is 2.42. The summed E-state index contributed by atoms with van der Waals surface area (Å²) in [7, 11) is 0. The van der Waals surface area contributed by atoms with Crippen molar-refractivity contribution in [3.8, 4) is 17.5 Å². The molecule has 0 saturated carbocycles. The summed E-state index contributed by atoms with van der Waals surface area (Å²) < 4.78 is 44.1. The fourth-order valence-corrected chi connectivity index (χ4v) is 2.00. The maximum Gasteiger partial charge on any atom is 0.382 e. The standard InChI is InChI=1S/C17H18F2N2O4/c1-4-23-14-12(17(18,19)15(22)24-5-2)7-6-8-13(14)25-16-20-9-11(3)10-21-16/h6-10H,4-5H2,1-3H3. The predicted molar refractivity (Wildman–Crippen MR) is 85.0 cm³/mol. The quantitative estimate of drug-likeness (QED) is 0.709. The number of rotatable bonds is 7. The van der Waals surface area contributed by atoms with E-state index < -0.39 is 17.5 Å². The van der Waals surface area contributed by atoms with Gasteiger partial charge in [-0.3, -0.25) is 0 Å². The minimum absolute atomic E-state index is 0.0211. The molecule has 1 heterocycles. The molecule has 1 aromatic heterocycles. The molecular weight excluding hydrogens is 334 g/mol. The van der Waals surface area contributed by atoms with Crippen LogP contribution in [0.1, 0.15) is 25.0 Å². The molecule has 134 valence electrons. The van der Waals surface area contributed by atoms with Crippen molar-refractivity contribution in [3.63, 3.8) is 0 Å². The first-order valence-corrected chi connectivity index (χ1v) is 7.68. The highest BCUT2D eigenvalue weighted by molar-refractivity contribution is 5.81. The number of esters is 1. The third-order valence-electron chi connectivity index (χ3n) is 3.10. The number of nitrogens with zero attached hydrogens (tertiary/aromatic N) is 2. The third kappa shape index (κ3) is 4.20. The molecule has 8 heteroatoms. The van der Waals surface area contributed by atoms with Crippen LogP contribution in [-0.4, -0.2) is 29.2 Å². The van der Waals surface area contributed by atoms with Gasteiger partial charge in [0.1, 0.15) is 0 Å². The number of carbonyl (C=O) groups excluding carboxylic acids is 1. The Morgan fingerprint density at radius 1 is 1.16 bits per heavy atom. The lowest BCUT2D eigenvalue weighted by molar-refractivity contribution is -0.173. The Labute approximate surface area is 143 Å². The molecule has 0 aliphatic carbocycles. The number of hydrogen-bond donors (Lipinski definition) is 0. The van der Waals surface area contributed by atoms with E-state index in [4.69, 9.17) is 9.47 Å². The number of aromatic nitrogens is 2. The molecule has 6 nitrogen and oxygen atoms in total. The Hall–Kier alpha value is -2.77. The predicted octanol–water partition coefficient (Wildman–Crippen LogP) is 3.63. The molecule has 0 aliphatic rings. The van der Waals surface area contributed by atoms with Crippen molar-refractivity contribution >= 4 is 5.97 Å². The van der Waals surface area contributed by atoms with E-state index >= 15 is 0 Å². The van der Waals surface area contributed by atoms with Crippen LogP contribution in [0, 0.1) is 6.92 Å². The maximum absolute atomic E-state index is 14.5. The van der Waals surface area contributed by atoms with Gasteiger partial charge in [-0.25, -0.2) is 14.8 Å². The smallest absolute Gasteiger partial charge is 0.382 e. The van der Waals surface area contributed by atoms with E-state index in [1.54, 1.807) is 13.8 Å². The second-order valence-corrected chi connectivity index (χ2v) is 5.01. The van der Waals surface area contributed by atoms with E-state index in [0.717, 1.165) is 11.6 Å². The van der Waals surface area contributed by atoms with E-state index in [-0.39, 0.29) is 30.7 Å². The third-order valence-corrected chi connectivity index (χ3v) is 3.10. The Morgan fingerprint density at radius 2 is 1.84 bits per heavy atom. The van der Waals surface area contributed by atoms with Crippen LogP contribution in [0.5, 0.6) is 17.5 Å². The lowest BCUT2D eigenvalue weighted by Crippen LogP contribution is -2.29. The van der Waals surface area contributed by atoms with Gasteiger partial charge in [-0.05, 0) is 38.5 Å². The molecule has 0 unspecified atom stereocenters.